The largest absolute Gasteiger partial charge is 0.133 e. The lowest BCUT2D eigenvalue weighted by Crippen LogP contribution is -1.78. The van der Waals surface area contributed by atoms with Crippen molar-refractivity contribution in [2.45, 2.75) is 40.0 Å². The molecule has 0 fully saturated rings. The Hall–Kier alpha value is 0.0600. The van der Waals surface area contributed by atoms with Crippen molar-refractivity contribution in [1.29, 1.82) is 0 Å². The molecule has 0 radical (unpaired) electrons. The lowest BCUT2D eigenvalue weighted by atomic mass is 10.1. The minimum atomic E-state index is 1.08. The summed E-state index contributed by atoms with van der Waals surface area (Å²) in [5.74, 6) is 0. The second kappa shape index (κ2) is 7.52. The van der Waals surface area contributed by atoms with Crippen LogP contribution in [0.25, 0.3) is 19.5 Å². The maximum Gasteiger partial charge on any atom is 0.0737 e. The number of thiophene rings is 3. The van der Waals surface area contributed by atoms with Crippen LogP contribution in [0.4, 0.5) is 0 Å². The third-order valence-corrected chi connectivity index (χ3v) is 9.11. The molecule has 0 aliphatic carbocycles. The van der Waals surface area contributed by atoms with Crippen molar-refractivity contribution in [2.24, 2.45) is 0 Å². The Morgan fingerprint density at radius 2 is 1.22 bits per heavy atom. The van der Waals surface area contributed by atoms with E-state index in [-0.39, 0.29) is 0 Å². The number of aryl methyl sites for hydroxylation is 3. The quantitative estimate of drug-likeness (QED) is 0.337. The van der Waals surface area contributed by atoms with Gasteiger partial charge in [-0.05, 0) is 86.0 Å². The SMILES string of the molecule is CCc1cc(-c2sc(-c3sc(Br)cc3CC)cc2CC)sc1Br. The summed E-state index contributed by atoms with van der Waals surface area (Å²) < 4.78 is 2.50. The van der Waals surface area contributed by atoms with Crippen LogP contribution < -0.4 is 0 Å². The smallest absolute Gasteiger partial charge is 0.0737 e. The molecule has 0 atom stereocenters. The molecule has 122 valence electrons. The van der Waals surface area contributed by atoms with Gasteiger partial charge < -0.3 is 0 Å². The van der Waals surface area contributed by atoms with Crippen molar-refractivity contribution in [1.82, 2.24) is 0 Å². The van der Waals surface area contributed by atoms with Gasteiger partial charge >= 0.3 is 0 Å². The van der Waals surface area contributed by atoms with Gasteiger partial charge in [0, 0.05) is 19.5 Å². The zero-order valence-corrected chi connectivity index (χ0v) is 19.0. The molecule has 5 heteroatoms. The third kappa shape index (κ3) is 3.54. The standard InChI is InChI=1S/C18H18Br2S3/c1-4-10-7-13(17-11(5-2)9-15(19)23-17)21-16(10)14-8-12(6-3)18(20)22-14/h7-9H,4-6H2,1-3H3. The lowest BCUT2D eigenvalue weighted by Gasteiger charge is -1.97. The maximum atomic E-state index is 3.72. The fourth-order valence-corrected chi connectivity index (χ4v) is 7.80. The first-order valence-corrected chi connectivity index (χ1v) is 11.8. The summed E-state index contributed by atoms with van der Waals surface area (Å²) >= 11 is 13.0. The molecular formula is C18H18Br2S3. The molecular weight excluding hydrogens is 472 g/mol. The van der Waals surface area contributed by atoms with Crippen LogP contribution in [-0.2, 0) is 19.3 Å². The van der Waals surface area contributed by atoms with E-state index in [4.69, 9.17) is 0 Å². The van der Waals surface area contributed by atoms with E-state index in [2.05, 4.69) is 70.8 Å². The Bertz CT molecular complexity index is 824. The molecule has 3 aromatic rings. The number of hydrogen-bond donors (Lipinski definition) is 0. The second-order valence-corrected chi connectivity index (χ2v) is 11.2. The minimum absolute atomic E-state index is 1.08. The summed E-state index contributed by atoms with van der Waals surface area (Å²) in [5, 5.41) is 0. The van der Waals surface area contributed by atoms with E-state index in [1.165, 1.54) is 43.8 Å². The van der Waals surface area contributed by atoms with Gasteiger partial charge in [-0.2, -0.15) is 0 Å². The van der Waals surface area contributed by atoms with Gasteiger partial charge in [0.05, 0.1) is 7.57 Å². The zero-order chi connectivity index (χ0) is 16.6. The predicted molar refractivity (Wildman–Crippen MR) is 114 cm³/mol. The van der Waals surface area contributed by atoms with Crippen molar-refractivity contribution in [2.75, 3.05) is 0 Å². The summed E-state index contributed by atoms with van der Waals surface area (Å²) in [7, 11) is 0. The number of halogens is 2. The molecule has 0 N–H and O–H groups in total. The zero-order valence-electron chi connectivity index (χ0n) is 13.3. The van der Waals surface area contributed by atoms with E-state index >= 15 is 0 Å². The Balaban J connectivity index is 2.10. The molecule has 0 bridgehead atoms. The first-order valence-electron chi connectivity index (χ1n) is 7.77. The summed E-state index contributed by atoms with van der Waals surface area (Å²) in [5.41, 5.74) is 4.32. The molecule has 23 heavy (non-hydrogen) atoms. The van der Waals surface area contributed by atoms with Crippen LogP contribution in [0.15, 0.2) is 25.8 Å². The molecule has 0 aromatic carbocycles. The van der Waals surface area contributed by atoms with Crippen molar-refractivity contribution in [3.05, 3.63) is 42.5 Å². The number of hydrogen-bond acceptors (Lipinski definition) is 3. The molecule has 0 unspecified atom stereocenters. The monoisotopic (exact) mass is 488 g/mol. The van der Waals surface area contributed by atoms with Crippen LogP contribution in [0.1, 0.15) is 37.5 Å². The van der Waals surface area contributed by atoms with Crippen LogP contribution >= 0.6 is 65.9 Å². The van der Waals surface area contributed by atoms with Gasteiger partial charge in [-0.1, -0.05) is 20.8 Å². The van der Waals surface area contributed by atoms with Crippen LogP contribution in [-0.4, -0.2) is 0 Å². The molecule has 0 saturated carbocycles. The maximum absolute atomic E-state index is 3.72. The Labute approximate surface area is 166 Å². The molecule has 0 amide bonds. The summed E-state index contributed by atoms with van der Waals surface area (Å²) in [4.78, 5) is 5.68. The van der Waals surface area contributed by atoms with Crippen molar-refractivity contribution >= 4 is 65.9 Å². The fraction of sp³-hybridized carbons (Fsp3) is 0.333. The van der Waals surface area contributed by atoms with Gasteiger partial charge in [0.2, 0.25) is 0 Å². The normalized spacial score (nSPS) is 11.3. The Morgan fingerprint density at radius 3 is 1.83 bits per heavy atom. The average Bonchev–Trinajstić information content (AvgIpc) is 3.22. The fourth-order valence-electron chi connectivity index (χ4n) is 2.64. The van der Waals surface area contributed by atoms with E-state index in [9.17, 15) is 0 Å². The van der Waals surface area contributed by atoms with E-state index in [0.717, 1.165) is 19.3 Å². The Kier molecular flexibility index (Phi) is 5.85. The predicted octanol–water partition coefficient (Wildman–Crippen LogP) is 8.42. The summed E-state index contributed by atoms with van der Waals surface area (Å²) in [6.07, 6.45) is 3.24. The van der Waals surface area contributed by atoms with Crippen LogP contribution in [0.3, 0.4) is 0 Å². The molecule has 0 spiro atoms. The molecule has 3 heterocycles. The second-order valence-electron chi connectivity index (χ2n) is 5.34. The Morgan fingerprint density at radius 1 is 0.696 bits per heavy atom. The summed E-state index contributed by atoms with van der Waals surface area (Å²) in [6.45, 7) is 6.70. The van der Waals surface area contributed by atoms with E-state index < -0.39 is 0 Å². The van der Waals surface area contributed by atoms with E-state index in [1.54, 1.807) is 0 Å². The van der Waals surface area contributed by atoms with Gasteiger partial charge in [0.1, 0.15) is 0 Å². The number of rotatable bonds is 5. The van der Waals surface area contributed by atoms with Crippen LogP contribution in [0.5, 0.6) is 0 Å². The van der Waals surface area contributed by atoms with Crippen molar-refractivity contribution in [3.8, 4) is 19.5 Å². The average molecular weight is 490 g/mol. The first-order chi connectivity index (χ1) is 11.1. The van der Waals surface area contributed by atoms with Gasteiger partial charge in [0.15, 0.2) is 0 Å². The molecule has 3 rings (SSSR count). The van der Waals surface area contributed by atoms with Crippen molar-refractivity contribution < 1.29 is 0 Å². The molecule has 0 aliphatic rings. The van der Waals surface area contributed by atoms with Gasteiger partial charge in [0.25, 0.3) is 0 Å². The minimum Gasteiger partial charge on any atom is -0.133 e. The van der Waals surface area contributed by atoms with Gasteiger partial charge in [-0.3, -0.25) is 0 Å². The highest BCUT2D eigenvalue weighted by molar-refractivity contribution is 9.11. The van der Waals surface area contributed by atoms with Crippen molar-refractivity contribution in [3.63, 3.8) is 0 Å². The van der Waals surface area contributed by atoms with Gasteiger partial charge in [-0.25, -0.2) is 0 Å². The topological polar surface area (TPSA) is 0 Å². The third-order valence-electron chi connectivity index (χ3n) is 3.94. The highest BCUT2D eigenvalue weighted by atomic mass is 79.9. The van der Waals surface area contributed by atoms with Crippen LogP contribution in [0.2, 0.25) is 0 Å². The molecule has 0 saturated heterocycles. The molecule has 3 aromatic heterocycles. The molecule has 0 aliphatic heterocycles. The van der Waals surface area contributed by atoms with Gasteiger partial charge in [-0.15, -0.1) is 34.0 Å². The van der Waals surface area contributed by atoms with Crippen LogP contribution in [0, 0.1) is 0 Å². The highest BCUT2D eigenvalue weighted by Gasteiger charge is 2.17. The summed E-state index contributed by atoms with van der Waals surface area (Å²) in [6, 6.07) is 7.02. The van der Waals surface area contributed by atoms with E-state index in [1.807, 2.05) is 34.0 Å². The van der Waals surface area contributed by atoms with E-state index in [0.29, 0.717) is 0 Å². The highest BCUT2D eigenvalue weighted by Crippen LogP contribution is 2.46. The first kappa shape index (κ1) is 17.9. The lowest BCUT2D eigenvalue weighted by molar-refractivity contribution is 1.14. The molecule has 0 nitrogen and oxygen atoms in total.